The van der Waals surface area contributed by atoms with Crippen LogP contribution in [0.5, 0.6) is 0 Å². The Labute approximate surface area is 72.7 Å². The predicted molar refractivity (Wildman–Crippen MR) is 44.8 cm³/mol. The van der Waals surface area contributed by atoms with Crippen LogP contribution >= 0.6 is 0 Å². The van der Waals surface area contributed by atoms with E-state index in [1.54, 1.807) is 6.92 Å². The van der Waals surface area contributed by atoms with Crippen LogP contribution in [0.2, 0.25) is 0 Å². The van der Waals surface area contributed by atoms with Crippen LogP contribution in [0, 0.1) is 0 Å². The SMILES string of the molecule is CC(=O)N1CCC1C1CCCO1. The molecule has 2 atom stereocenters. The maximum atomic E-state index is 11.1. The molecule has 2 unspecified atom stereocenters. The van der Waals surface area contributed by atoms with E-state index in [0.717, 1.165) is 32.4 Å². The number of ether oxygens (including phenoxy) is 1. The van der Waals surface area contributed by atoms with Crippen LogP contribution in [0.1, 0.15) is 26.2 Å². The van der Waals surface area contributed by atoms with Crippen molar-refractivity contribution in [3.8, 4) is 0 Å². The Balaban J connectivity index is 1.91. The lowest BCUT2D eigenvalue weighted by molar-refractivity contribution is -0.141. The summed E-state index contributed by atoms with van der Waals surface area (Å²) in [5.74, 6) is 0.196. The van der Waals surface area contributed by atoms with Crippen molar-refractivity contribution in [1.82, 2.24) is 4.90 Å². The van der Waals surface area contributed by atoms with Crippen LogP contribution in [-0.4, -0.2) is 36.1 Å². The van der Waals surface area contributed by atoms with Gasteiger partial charge in [0.1, 0.15) is 0 Å². The van der Waals surface area contributed by atoms with Gasteiger partial charge in [-0.3, -0.25) is 4.79 Å². The number of nitrogens with zero attached hydrogens (tertiary/aromatic N) is 1. The first-order valence-electron chi connectivity index (χ1n) is 4.68. The standard InChI is InChI=1S/C9H15NO2/c1-7(11)10-5-4-8(10)9-3-2-6-12-9/h8-9H,2-6H2,1H3. The molecule has 0 aromatic carbocycles. The molecule has 1 amide bonds. The maximum absolute atomic E-state index is 11.1. The third kappa shape index (κ3) is 1.22. The molecule has 68 valence electrons. The largest absolute Gasteiger partial charge is 0.376 e. The molecule has 0 N–H and O–H groups in total. The van der Waals surface area contributed by atoms with Crippen LogP contribution in [0.3, 0.4) is 0 Å². The fourth-order valence-corrected chi connectivity index (χ4v) is 2.09. The van der Waals surface area contributed by atoms with E-state index in [0.29, 0.717) is 12.1 Å². The Hall–Kier alpha value is -0.570. The average molecular weight is 169 g/mol. The molecule has 0 aromatic heterocycles. The highest BCUT2D eigenvalue weighted by atomic mass is 16.5. The van der Waals surface area contributed by atoms with Crippen LogP contribution in [-0.2, 0) is 9.53 Å². The van der Waals surface area contributed by atoms with E-state index in [2.05, 4.69) is 0 Å². The average Bonchev–Trinajstić information content (AvgIpc) is 2.35. The second kappa shape index (κ2) is 3.05. The normalized spacial score (nSPS) is 34.9. The first kappa shape index (κ1) is 8.05. The summed E-state index contributed by atoms with van der Waals surface area (Å²) in [5.41, 5.74) is 0. The Morgan fingerprint density at radius 3 is 2.75 bits per heavy atom. The highest BCUT2D eigenvalue weighted by molar-refractivity contribution is 5.74. The fourth-order valence-electron chi connectivity index (χ4n) is 2.09. The molecule has 0 aromatic rings. The van der Waals surface area contributed by atoms with Gasteiger partial charge in [-0.1, -0.05) is 0 Å². The van der Waals surface area contributed by atoms with Crippen LogP contribution < -0.4 is 0 Å². The van der Waals surface area contributed by atoms with Gasteiger partial charge in [0.15, 0.2) is 0 Å². The molecule has 0 bridgehead atoms. The van der Waals surface area contributed by atoms with E-state index < -0.39 is 0 Å². The molecule has 0 saturated carbocycles. The summed E-state index contributed by atoms with van der Waals surface area (Å²) in [6.45, 7) is 3.45. The number of carbonyl (C=O) groups excluding carboxylic acids is 1. The first-order chi connectivity index (χ1) is 5.79. The van der Waals surface area contributed by atoms with E-state index >= 15 is 0 Å². The third-order valence-corrected chi connectivity index (χ3v) is 2.86. The summed E-state index contributed by atoms with van der Waals surface area (Å²) in [6.07, 6.45) is 3.76. The predicted octanol–water partition coefficient (Wildman–Crippen LogP) is 0.786. The number of amides is 1. The maximum Gasteiger partial charge on any atom is 0.219 e. The van der Waals surface area contributed by atoms with Crippen LogP contribution in [0.25, 0.3) is 0 Å². The van der Waals surface area contributed by atoms with E-state index in [1.165, 1.54) is 0 Å². The van der Waals surface area contributed by atoms with Crippen molar-refractivity contribution in [2.45, 2.75) is 38.3 Å². The zero-order valence-corrected chi connectivity index (χ0v) is 7.45. The minimum absolute atomic E-state index is 0.196. The second-order valence-corrected chi connectivity index (χ2v) is 3.62. The Bertz CT molecular complexity index is 187. The minimum Gasteiger partial charge on any atom is -0.376 e. The summed E-state index contributed by atoms with van der Waals surface area (Å²) in [5, 5.41) is 0. The third-order valence-electron chi connectivity index (χ3n) is 2.86. The van der Waals surface area contributed by atoms with Crippen molar-refractivity contribution in [1.29, 1.82) is 0 Å². The van der Waals surface area contributed by atoms with Gasteiger partial charge in [-0.05, 0) is 19.3 Å². The monoisotopic (exact) mass is 169 g/mol. The topological polar surface area (TPSA) is 29.5 Å². The molecule has 2 saturated heterocycles. The number of likely N-dealkylation sites (tertiary alicyclic amines) is 1. The van der Waals surface area contributed by atoms with Gasteiger partial charge in [0.05, 0.1) is 12.1 Å². The highest BCUT2D eigenvalue weighted by Gasteiger charge is 2.38. The molecule has 3 nitrogen and oxygen atoms in total. The molecule has 12 heavy (non-hydrogen) atoms. The van der Waals surface area contributed by atoms with Crippen molar-refractivity contribution in [3.63, 3.8) is 0 Å². The lowest BCUT2D eigenvalue weighted by atomic mass is 9.95. The molecule has 2 fully saturated rings. The van der Waals surface area contributed by atoms with E-state index in [1.807, 2.05) is 4.90 Å². The number of carbonyl (C=O) groups is 1. The highest BCUT2D eigenvalue weighted by Crippen LogP contribution is 2.28. The summed E-state index contributed by atoms with van der Waals surface area (Å²) >= 11 is 0. The molecule has 2 rings (SSSR count). The van der Waals surface area contributed by atoms with Gasteiger partial charge in [-0.25, -0.2) is 0 Å². The number of hydrogen-bond donors (Lipinski definition) is 0. The Kier molecular flexibility index (Phi) is 2.05. The molecular weight excluding hydrogens is 154 g/mol. The summed E-state index contributed by atoms with van der Waals surface area (Å²) in [6, 6.07) is 0.394. The van der Waals surface area contributed by atoms with Gasteiger partial charge in [0.25, 0.3) is 0 Å². The van der Waals surface area contributed by atoms with Gasteiger partial charge in [-0.2, -0.15) is 0 Å². The van der Waals surface area contributed by atoms with E-state index in [-0.39, 0.29) is 5.91 Å². The lowest BCUT2D eigenvalue weighted by Crippen LogP contribution is -2.55. The quantitative estimate of drug-likeness (QED) is 0.580. The van der Waals surface area contributed by atoms with Gasteiger partial charge in [0, 0.05) is 20.1 Å². The van der Waals surface area contributed by atoms with Crippen molar-refractivity contribution in [2.75, 3.05) is 13.2 Å². The molecule has 2 aliphatic heterocycles. The number of rotatable bonds is 1. The summed E-state index contributed by atoms with van der Waals surface area (Å²) in [7, 11) is 0. The van der Waals surface area contributed by atoms with Crippen molar-refractivity contribution in [2.24, 2.45) is 0 Å². The molecule has 3 heteroatoms. The molecule has 0 spiro atoms. The molecular formula is C9H15NO2. The molecule has 0 radical (unpaired) electrons. The minimum atomic E-state index is 0.196. The fraction of sp³-hybridized carbons (Fsp3) is 0.889. The van der Waals surface area contributed by atoms with Gasteiger partial charge < -0.3 is 9.64 Å². The van der Waals surface area contributed by atoms with Crippen molar-refractivity contribution in [3.05, 3.63) is 0 Å². The molecule has 0 aliphatic carbocycles. The Morgan fingerprint density at radius 1 is 1.50 bits per heavy atom. The summed E-state index contributed by atoms with van der Waals surface area (Å²) < 4.78 is 5.54. The summed E-state index contributed by atoms with van der Waals surface area (Å²) in [4.78, 5) is 13.0. The molecule has 2 aliphatic rings. The second-order valence-electron chi connectivity index (χ2n) is 3.62. The van der Waals surface area contributed by atoms with Crippen molar-refractivity contribution >= 4 is 5.91 Å². The smallest absolute Gasteiger partial charge is 0.219 e. The van der Waals surface area contributed by atoms with Crippen LogP contribution in [0.15, 0.2) is 0 Å². The zero-order chi connectivity index (χ0) is 8.55. The van der Waals surface area contributed by atoms with Gasteiger partial charge in [0.2, 0.25) is 5.91 Å². The van der Waals surface area contributed by atoms with Crippen LogP contribution in [0.4, 0.5) is 0 Å². The van der Waals surface area contributed by atoms with E-state index in [9.17, 15) is 4.79 Å². The van der Waals surface area contributed by atoms with E-state index in [4.69, 9.17) is 4.74 Å². The van der Waals surface area contributed by atoms with Crippen molar-refractivity contribution < 1.29 is 9.53 Å². The number of hydrogen-bond acceptors (Lipinski definition) is 2. The van der Waals surface area contributed by atoms with Gasteiger partial charge >= 0.3 is 0 Å². The molecule has 2 heterocycles. The lowest BCUT2D eigenvalue weighted by Gasteiger charge is -2.43. The Morgan fingerprint density at radius 2 is 2.33 bits per heavy atom. The first-order valence-corrected chi connectivity index (χ1v) is 4.68. The zero-order valence-electron chi connectivity index (χ0n) is 7.45. The van der Waals surface area contributed by atoms with Gasteiger partial charge in [-0.15, -0.1) is 0 Å².